The molecule has 3 rings (SSSR count). The molecule has 22 heavy (non-hydrogen) atoms. The zero-order valence-electron chi connectivity index (χ0n) is 12.8. The first-order valence-corrected chi connectivity index (χ1v) is 8.60. The molecule has 2 aliphatic rings. The molecule has 0 unspecified atom stereocenters. The molecule has 0 bridgehead atoms. The third-order valence-electron chi connectivity index (χ3n) is 4.91. The molecule has 4 nitrogen and oxygen atoms in total. The van der Waals surface area contributed by atoms with Crippen LogP contribution in [0.25, 0.3) is 0 Å². The normalized spacial score (nSPS) is 22.5. The van der Waals surface area contributed by atoms with Gasteiger partial charge in [0.05, 0.1) is 0 Å². The van der Waals surface area contributed by atoms with Gasteiger partial charge in [-0.05, 0) is 30.9 Å². The SMILES string of the molecule is CO/N=C1/C(=O)N(Cc2ccccc2Br)CCC12CCCC2. The van der Waals surface area contributed by atoms with Gasteiger partial charge in [-0.2, -0.15) is 0 Å². The summed E-state index contributed by atoms with van der Waals surface area (Å²) in [6.45, 7) is 1.40. The lowest BCUT2D eigenvalue weighted by Gasteiger charge is -2.39. The van der Waals surface area contributed by atoms with Crippen molar-refractivity contribution in [2.45, 2.75) is 38.6 Å². The van der Waals surface area contributed by atoms with E-state index in [1.165, 1.54) is 20.0 Å². The Kier molecular flexibility index (Phi) is 4.52. The molecule has 1 aromatic carbocycles. The van der Waals surface area contributed by atoms with E-state index < -0.39 is 0 Å². The fraction of sp³-hybridized carbons (Fsp3) is 0.529. The Labute approximate surface area is 139 Å². The molecule has 1 heterocycles. The summed E-state index contributed by atoms with van der Waals surface area (Å²) < 4.78 is 1.04. The summed E-state index contributed by atoms with van der Waals surface area (Å²) in [6, 6.07) is 8.03. The number of nitrogens with zero attached hydrogens (tertiary/aromatic N) is 2. The molecule has 1 saturated heterocycles. The highest BCUT2D eigenvalue weighted by Crippen LogP contribution is 2.45. The lowest BCUT2D eigenvalue weighted by atomic mass is 9.75. The molecule has 5 heteroatoms. The summed E-state index contributed by atoms with van der Waals surface area (Å²) in [5.41, 5.74) is 1.71. The predicted octanol–water partition coefficient (Wildman–Crippen LogP) is 3.74. The molecule has 1 amide bonds. The molecule has 0 atom stereocenters. The minimum Gasteiger partial charge on any atom is -0.399 e. The van der Waals surface area contributed by atoms with Gasteiger partial charge < -0.3 is 9.74 Å². The standard InChI is InChI=1S/C17H21BrN2O2/c1-22-19-15-16(21)20(11-10-17(15)8-4-5-9-17)12-13-6-2-3-7-14(13)18/h2-3,6-7H,4-5,8-12H2,1H3/b19-15-. The molecule has 1 saturated carbocycles. The smallest absolute Gasteiger partial charge is 0.272 e. The maximum atomic E-state index is 12.9. The van der Waals surface area contributed by atoms with Gasteiger partial charge in [-0.25, -0.2) is 0 Å². The largest absolute Gasteiger partial charge is 0.399 e. The van der Waals surface area contributed by atoms with Crippen LogP contribution >= 0.6 is 15.9 Å². The number of carbonyl (C=O) groups excluding carboxylic acids is 1. The van der Waals surface area contributed by atoms with E-state index in [0.717, 1.165) is 35.8 Å². The second-order valence-corrected chi connectivity index (χ2v) is 7.03. The van der Waals surface area contributed by atoms with Crippen LogP contribution in [0.15, 0.2) is 33.9 Å². The van der Waals surface area contributed by atoms with Crippen molar-refractivity contribution in [1.29, 1.82) is 0 Å². The van der Waals surface area contributed by atoms with Crippen LogP contribution in [0, 0.1) is 5.41 Å². The van der Waals surface area contributed by atoms with E-state index in [9.17, 15) is 4.79 Å². The van der Waals surface area contributed by atoms with E-state index >= 15 is 0 Å². The number of carbonyl (C=O) groups is 1. The molecule has 0 aromatic heterocycles. The highest BCUT2D eigenvalue weighted by molar-refractivity contribution is 9.10. The summed E-state index contributed by atoms with van der Waals surface area (Å²) in [4.78, 5) is 19.8. The van der Waals surface area contributed by atoms with Crippen molar-refractivity contribution >= 4 is 27.5 Å². The number of piperidine rings is 1. The molecule has 118 valence electrons. The summed E-state index contributed by atoms with van der Waals surface area (Å²) in [5.74, 6) is 0.0331. The molecule has 0 radical (unpaired) electrons. The van der Waals surface area contributed by atoms with E-state index in [0.29, 0.717) is 12.3 Å². The average Bonchev–Trinajstić information content (AvgIpc) is 2.98. The van der Waals surface area contributed by atoms with E-state index in [1.54, 1.807) is 0 Å². The number of hydrogen-bond donors (Lipinski definition) is 0. The van der Waals surface area contributed by atoms with Gasteiger partial charge >= 0.3 is 0 Å². The van der Waals surface area contributed by atoms with Gasteiger partial charge in [0, 0.05) is 23.0 Å². The third kappa shape index (κ3) is 2.78. The van der Waals surface area contributed by atoms with Crippen molar-refractivity contribution in [2.75, 3.05) is 13.7 Å². The van der Waals surface area contributed by atoms with E-state index in [2.05, 4.69) is 21.1 Å². The highest BCUT2D eigenvalue weighted by atomic mass is 79.9. The van der Waals surface area contributed by atoms with Crippen LogP contribution in [0.5, 0.6) is 0 Å². The van der Waals surface area contributed by atoms with Crippen molar-refractivity contribution in [3.8, 4) is 0 Å². The first kappa shape index (κ1) is 15.5. The topological polar surface area (TPSA) is 41.9 Å². The van der Waals surface area contributed by atoms with Crippen molar-refractivity contribution in [3.63, 3.8) is 0 Å². The van der Waals surface area contributed by atoms with E-state index in [1.807, 2.05) is 29.2 Å². The van der Waals surface area contributed by atoms with Crippen LogP contribution < -0.4 is 0 Å². The first-order chi connectivity index (χ1) is 10.7. The summed E-state index contributed by atoms with van der Waals surface area (Å²) in [7, 11) is 1.52. The molecule has 1 aromatic rings. The zero-order chi connectivity index (χ0) is 15.6. The minimum absolute atomic E-state index is 0.0331. The van der Waals surface area contributed by atoms with Crippen LogP contribution in [-0.2, 0) is 16.2 Å². The Morgan fingerprint density at radius 1 is 1.27 bits per heavy atom. The summed E-state index contributed by atoms with van der Waals surface area (Å²) >= 11 is 3.56. The molecule has 1 spiro atoms. The molecule has 1 aliphatic carbocycles. The Morgan fingerprint density at radius 3 is 2.68 bits per heavy atom. The van der Waals surface area contributed by atoms with Crippen molar-refractivity contribution in [2.24, 2.45) is 10.6 Å². The third-order valence-corrected chi connectivity index (χ3v) is 5.69. The van der Waals surface area contributed by atoms with Crippen molar-refractivity contribution in [1.82, 2.24) is 4.90 Å². The number of hydrogen-bond acceptors (Lipinski definition) is 3. The average molecular weight is 365 g/mol. The number of oxime groups is 1. The van der Waals surface area contributed by atoms with Crippen LogP contribution in [0.2, 0.25) is 0 Å². The quantitative estimate of drug-likeness (QED) is 0.766. The number of likely N-dealkylation sites (tertiary alicyclic amines) is 1. The first-order valence-electron chi connectivity index (χ1n) is 7.81. The molecule has 1 aliphatic heterocycles. The fourth-order valence-corrected chi connectivity index (χ4v) is 4.10. The minimum atomic E-state index is -0.0441. The van der Waals surface area contributed by atoms with Gasteiger partial charge in [-0.3, -0.25) is 4.79 Å². The molecular weight excluding hydrogens is 344 g/mol. The molecule has 0 N–H and O–H groups in total. The van der Waals surface area contributed by atoms with Gasteiger partial charge in [0.25, 0.3) is 5.91 Å². The zero-order valence-corrected chi connectivity index (χ0v) is 14.4. The van der Waals surface area contributed by atoms with Gasteiger partial charge in [-0.1, -0.05) is 52.1 Å². The number of benzene rings is 1. The Bertz CT molecular complexity index is 594. The Morgan fingerprint density at radius 2 is 2.00 bits per heavy atom. The Balaban J connectivity index is 1.83. The number of rotatable bonds is 3. The van der Waals surface area contributed by atoms with E-state index in [-0.39, 0.29) is 11.3 Å². The van der Waals surface area contributed by atoms with Crippen molar-refractivity contribution < 1.29 is 9.63 Å². The van der Waals surface area contributed by atoms with Crippen LogP contribution in [0.4, 0.5) is 0 Å². The lowest BCUT2D eigenvalue weighted by Crippen LogP contribution is -2.51. The van der Waals surface area contributed by atoms with Gasteiger partial charge in [0.15, 0.2) is 5.71 Å². The van der Waals surface area contributed by atoms with Crippen molar-refractivity contribution in [3.05, 3.63) is 34.3 Å². The maximum absolute atomic E-state index is 12.9. The van der Waals surface area contributed by atoms with Gasteiger partial charge in [-0.15, -0.1) is 0 Å². The highest BCUT2D eigenvalue weighted by Gasteiger charge is 2.47. The van der Waals surface area contributed by atoms with Gasteiger partial charge in [0.2, 0.25) is 0 Å². The van der Waals surface area contributed by atoms with Crippen LogP contribution in [0.1, 0.15) is 37.7 Å². The maximum Gasteiger partial charge on any atom is 0.272 e. The Hall–Kier alpha value is -1.36. The number of halogens is 1. The van der Waals surface area contributed by atoms with E-state index in [4.69, 9.17) is 4.84 Å². The predicted molar refractivity (Wildman–Crippen MR) is 89.5 cm³/mol. The molecule has 2 fully saturated rings. The van der Waals surface area contributed by atoms with Gasteiger partial charge in [0.1, 0.15) is 7.11 Å². The second-order valence-electron chi connectivity index (χ2n) is 6.18. The second kappa shape index (κ2) is 6.41. The van der Waals surface area contributed by atoms with Crippen LogP contribution in [-0.4, -0.2) is 30.2 Å². The summed E-state index contributed by atoms with van der Waals surface area (Å²) in [5, 5.41) is 4.13. The lowest BCUT2D eigenvalue weighted by molar-refractivity contribution is -0.127. The fourth-order valence-electron chi connectivity index (χ4n) is 3.69. The molecular formula is C17H21BrN2O2. The number of amides is 1. The summed E-state index contributed by atoms with van der Waals surface area (Å²) in [6.07, 6.45) is 5.47. The monoisotopic (exact) mass is 364 g/mol. The van der Waals surface area contributed by atoms with Crippen LogP contribution in [0.3, 0.4) is 0 Å².